The second-order valence-corrected chi connectivity index (χ2v) is 6.15. The van der Waals surface area contributed by atoms with E-state index in [1.165, 1.54) is 4.90 Å². The summed E-state index contributed by atoms with van der Waals surface area (Å²) in [6.45, 7) is 4.75. The Kier molecular flexibility index (Phi) is 6.32. The van der Waals surface area contributed by atoms with Crippen LogP contribution in [-0.4, -0.2) is 29.7 Å². The second-order valence-electron chi connectivity index (χ2n) is 6.15. The van der Waals surface area contributed by atoms with Crippen molar-refractivity contribution in [3.8, 4) is 6.07 Å². The van der Waals surface area contributed by atoms with Gasteiger partial charge in [-0.15, -0.1) is 0 Å². The normalized spacial score (nSPS) is 27.9. The van der Waals surface area contributed by atoms with Gasteiger partial charge in [0, 0.05) is 12.1 Å². The number of rotatable bonds is 5. The number of hydrogen-bond acceptors (Lipinski definition) is 2. The van der Waals surface area contributed by atoms with Gasteiger partial charge in [-0.2, -0.15) is 18.4 Å². The molecule has 3 unspecified atom stereocenters. The van der Waals surface area contributed by atoms with E-state index in [1.54, 1.807) is 13.8 Å². The number of alkyl halides is 3. The maximum Gasteiger partial charge on any atom is 0.401 e. The van der Waals surface area contributed by atoms with E-state index in [4.69, 9.17) is 0 Å². The minimum Gasteiger partial charge on any atom is -0.288 e. The molecule has 2 nitrogen and oxygen atoms in total. The highest BCUT2D eigenvalue weighted by molar-refractivity contribution is 4.98. The molecule has 0 aromatic carbocycles. The monoisotopic (exact) mass is 290 g/mol. The average Bonchev–Trinajstić information content (AvgIpc) is 2.35. The predicted molar refractivity (Wildman–Crippen MR) is 73.0 cm³/mol. The summed E-state index contributed by atoms with van der Waals surface area (Å²) in [5, 5.41) is 9.25. The Bertz CT molecular complexity index is 333. The molecule has 1 aliphatic rings. The van der Waals surface area contributed by atoms with Crippen molar-refractivity contribution in [3.63, 3.8) is 0 Å². The van der Waals surface area contributed by atoms with Gasteiger partial charge in [0.2, 0.25) is 0 Å². The maximum absolute atomic E-state index is 12.8. The van der Waals surface area contributed by atoms with Gasteiger partial charge in [-0.25, -0.2) is 0 Å². The van der Waals surface area contributed by atoms with Crippen molar-refractivity contribution in [3.05, 3.63) is 0 Å². The molecule has 1 fully saturated rings. The zero-order chi connectivity index (χ0) is 15.3. The first kappa shape index (κ1) is 17.3. The summed E-state index contributed by atoms with van der Waals surface area (Å²) < 4.78 is 38.3. The van der Waals surface area contributed by atoms with Crippen LogP contribution in [0.1, 0.15) is 52.9 Å². The van der Waals surface area contributed by atoms with Crippen LogP contribution in [0.2, 0.25) is 0 Å². The van der Waals surface area contributed by atoms with E-state index in [1.807, 2.05) is 0 Å². The van der Waals surface area contributed by atoms with Crippen molar-refractivity contribution >= 4 is 0 Å². The quantitative estimate of drug-likeness (QED) is 0.752. The zero-order valence-electron chi connectivity index (χ0n) is 12.6. The van der Waals surface area contributed by atoms with Crippen LogP contribution in [0.25, 0.3) is 0 Å². The van der Waals surface area contributed by atoms with Crippen LogP contribution >= 0.6 is 0 Å². The zero-order valence-corrected chi connectivity index (χ0v) is 12.6. The fourth-order valence-electron chi connectivity index (χ4n) is 3.31. The lowest BCUT2D eigenvalue weighted by atomic mass is 9.76. The fraction of sp³-hybridized carbons (Fsp3) is 0.933. The predicted octanol–water partition coefficient (Wildman–Crippen LogP) is 4.37. The first-order chi connectivity index (χ1) is 9.28. The molecule has 0 saturated heterocycles. The van der Waals surface area contributed by atoms with E-state index >= 15 is 0 Å². The molecule has 0 heterocycles. The maximum atomic E-state index is 12.8. The molecule has 0 aromatic heterocycles. The lowest BCUT2D eigenvalue weighted by Crippen LogP contribution is -2.51. The summed E-state index contributed by atoms with van der Waals surface area (Å²) in [7, 11) is 0. The lowest BCUT2D eigenvalue weighted by Gasteiger charge is -2.42. The minimum atomic E-state index is -4.21. The molecule has 0 radical (unpaired) electrons. The van der Waals surface area contributed by atoms with Gasteiger partial charge in [-0.3, -0.25) is 4.90 Å². The van der Waals surface area contributed by atoms with E-state index in [0.29, 0.717) is 5.92 Å². The van der Waals surface area contributed by atoms with Crippen LogP contribution in [0, 0.1) is 23.2 Å². The van der Waals surface area contributed by atoms with Crippen molar-refractivity contribution in [2.75, 3.05) is 6.54 Å². The molecule has 3 atom stereocenters. The average molecular weight is 290 g/mol. The first-order valence-electron chi connectivity index (χ1n) is 7.50. The van der Waals surface area contributed by atoms with Crippen LogP contribution in [0.5, 0.6) is 0 Å². The molecular weight excluding hydrogens is 265 g/mol. The molecule has 116 valence electrons. The SMILES string of the molecule is CCCC1CCC(C#N)C(N(CC(F)(F)F)C(C)C)C1. The topological polar surface area (TPSA) is 27.0 Å². The van der Waals surface area contributed by atoms with Gasteiger partial charge in [0.1, 0.15) is 0 Å². The molecule has 0 aromatic rings. The van der Waals surface area contributed by atoms with Crippen LogP contribution in [0.3, 0.4) is 0 Å². The van der Waals surface area contributed by atoms with Crippen LogP contribution in [0.4, 0.5) is 13.2 Å². The summed E-state index contributed by atoms with van der Waals surface area (Å²) in [4.78, 5) is 1.48. The molecule has 0 aliphatic heterocycles. The number of hydrogen-bond donors (Lipinski definition) is 0. The van der Waals surface area contributed by atoms with E-state index in [9.17, 15) is 18.4 Å². The van der Waals surface area contributed by atoms with E-state index in [0.717, 1.165) is 32.1 Å². The van der Waals surface area contributed by atoms with Crippen molar-refractivity contribution in [2.24, 2.45) is 11.8 Å². The summed E-state index contributed by atoms with van der Waals surface area (Å²) in [6.07, 6.45) is 0.317. The standard InChI is InChI=1S/C15H25F3N2/c1-4-5-12-6-7-13(9-19)14(8-12)20(11(2)3)10-15(16,17)18/h11-14H,4-8,10H2,1-3H3. The minimum absolute atomic E-state index is 0.196. The molecule has 5 heteroatoms. The van der Waals surface area contributed by atoms with Crippen molar-refractivity contribution < 1.29 is 13.2 Å². The second kappa shape index (κ2) is 7.31. The Morgan fingerprint density at radius 3 is 2.40 bits per heavy atom. The molecule has 1 rings (SSSR count). The third-order valence-electron chi connectivity index (χ3n) is 4.24. The summed E-state index contributed by atoms with van der Waals surface area (Å²) in [6, 6.07) is 1.77. The molecule has 0 spiro atoms. The molecule has 0 bridgehead atoms. The molecule has 0 N–H and O–H groups in total. The van der Waals surface area contributed by atoms with Gasteiger partial charge in [-0.1, -0.05) is 19.8 Å². The Labute approximate surface area is 119 Å². The number of halogens is 3. The molecule has 1 saturated carbocycles. The smallest absolute Gasteiger partial charge is 0.288 e. The lowest BCUT2D eigenvalue weighted by molar-refractivity contribution is -0.159. The number of nitrogens with zero attached hydrogens (tertiary/aromatic N) is 2. The van der Waals surface area contributed by atoms with Crippen molar-refractivity contribution in [2.45, 2.75) is 71.1 Å². The first-order valence-corrected chi connectivity index (χ1v) is 7.50. The van der Waals surface area contributed by atoms with Crippen LogP contribution < -0.4 is 0 Å². The van der Waals surface area contributed by atoms with Gasteiger partial charge >= 0.3 is 6.18 Å². The Hall–Kier alpha value is -0.760. The van der Waals surface area contributed by atoms with Gasteiger partial charge < -0.3 is 0 Å². The largest absolute Gasteiger partial charge is 0.401 e. The highest BCUT2D eigenvalue weighted by Crippen LogP contribution is 2.36. The summed E-state index contributed by atoms with van der Waals surface area (Å²) in [5.74, 6) is 0.192. The number of nitriles is 1. The van der Waals surface area contributed by atoms with Gasteiger partial charge in [-0.05, 0) is 39.0 Å². The van der Waals surface area contributed by atoms with Crippen LogP contribution in [0.15, 0.2) is 0 Å². The fourth-order valence-corrected chi connectivity index (χ4v) is 3.31. The third kappa shape index (κ3) is 4.97. The summed E-state index contributed by atoms with van der Waals surface area (Å²) >= 11 is 0. The third-order valence-corrected chi connectivity index (χ3v) is 4.24. The Balaban J connectivity index is 2.85. The van der Waals surface area contributed by atoms with E-state index in [-0.39, 0.29) is 18.0 Å². The van der Waals surface area contributed by atoms with Crippen molar-refractivity contribution in [1.29, 1.82) is 5.26 Å². The van der Waals surface area contributed by atoms with Gasteiger partial charge in [0.05, 0.1) is 18.5 Å². The Morgan fingerprint density at radius 2 is 1.95 bits per heavy atom. The van der Waals surface area contributed by atoms with Gasteiger partial charge in [0.15, 0.2) is 0 Å². The Morgan fingerprint density at radius 1 is 1.30 bits per heavy atom. The molecular formula is C15H25F3N2. The van der Waals surface area contributed by atoms with E-state index in [2.05, 4.69) is 13.0 Å². The summed E-state index contributed by atoms with van der Waals surface area (Å²) in [5.41, 5.74) is 0. The highest BCUT2D eigenvalue weighted by atomic mass is 19.4. The van der Waals surface area contributed by atoms with Crippen LogP contribution in [-0.2, 0) is 0 Å². The van der Waals surface area contributed by atoms with Crippen molar-refractivity contribution in [1.82, 2.24) is 4.90 Å². The van der Waals surface area contributed by atoms with E-state index < -0.39 is 12.7 Å². The highest BCUT2D eigenvalue weighted by Gasteiger charge is 2.40. The van der Waals surface area contributed by atoms with Gasteiger partial charge in [0.25, 0.3) is 0 Å². The molecule has 20 heavy (non-hydrogen) atoms. The molecule has 1 aliphatic carbocycles. The molecule has 0 amide bonds.